The van der Waals surface area contributed by atoms with E-state index in [1.165, 1.54) is 5.56 Å². The number of nitrogens with one attached hydrogen (secondary N) is 1. The van der Waals surface area contributed by atoms with Crippen LogP contribution in [0.2, 0.25) is 0 Å². The highest BCUT2D eigenvalue weighted by Gasteiger charge is 2.10. The summed E-state index contributed by atoms with van der Waals surface area (Å²) in [6, 6.07) is 13.8. The first-order valence-electron chi connectivity index (χ1n) is 8.12. The van der Waals surface area contributed by atoms with Crippen LogP contribution < -0.4 is 14.9 Å². The molecule has 5 nitrogen and oxygen atoms in total. The van der Waals surface area contributed by atoms with Gasteiger partial charge in [-0.1, -0.05) is 17.7 Å². The molecule has 0 saturated carbocycles. The number of thioether (sulfide) groups is 1. The summed E-state index contributed by atoms with van der Waals surface area (Å²) in [5, 5.41) is 4.00. The summed E-state index contributed by atoms with van der Waals surface area (Å²) in [6.07, 6.45) is 2.01. The topological polar surface area (TPSA) is 59.9 Å². The number of carbonyl (C=O) groups excluding carboxylic acids is 1. The Balaban J connectivity index is 1.42. The summed E-state index contributed by atoms with van der Waals surface area (Å²) in [5.74, 6) is 2.05. The van der Waals surface area contributed by atoms with Crippen molar-refractivity contribution in [2.45, 2.75) is 18.2 Å². The van der Waals surface area contributed by atoms with E-state index in [2.05, 4.69) is 41.7 Å². The van der Waals surface area contributed by atoms with Gasteiger partial charge in [0, 0.05) is 17.1 Å². The highest BCUT2D eigenvalue weighted by atomic mass is 32.2. The molecule has 130 valence electrons. The molecule has 1 aliphatic rings. The molecule has 3 rings (SSSR count). The molecule has 0 aromatic heterocycles. The molecule has 2 aromatic rings. The maximum absolute atomic E-state index is 11.8. The van der Waals surface area contributed by atoms with Gasteiger partial charge in [-0.05, 0) is 42.8 Å². The van der Waals surface area contributed by atoms with E-state index in [-0.39, 0.29) is 5.91 Å². The van der Waals surface area contributed by atoms with Crippen molar-refractivity contribution in [3.8, 4) is 11.5 Å². The van der Waals surface area contributed by atoms with Gasteiger partial charge in [0.2, 0.25) is 5.91 Å². The molecule has 25 heavy (non-hydrogen) atoms. The number of hydrazone groups is 1. The normalized spacial score (nSPS) is 13.0. The van der Waals surface area contributed by atoms with Crippen LogP contribution in [0.4, 0.5) is 0 Å². The minimum Gasteiger partial charge on any atom is -0.486 e. The maximum Gasteiger partial charge on any atom is 0.240 e. The van der Waals surface area contributed by atoms with E-state index < -0.39 is 0 Å². The summed E-state index contributed by atoms with van der Waals surface area (Å²) in [7, 11) is 0. The van der Waals surface area contributed by atoms with Gasteiger partial charge >= 0.3 is 0 Å². The third kappa shape index (κ3) is 5.26. The second-order valence-corrected chi connectivity index (χ2v) is 6.78. The molecule has 6 heteroatoms. The van der Waals surface area contributed by atoms with Gasteiger partial charge in [-0.3, -0.25) is 4.79 Å². The summed E-state index contributed by atoms with van der Waals surface area (Å²) in [4.78, 5) is 13.0. The van der Waals surface area contributed by atoms with Gasteiger partial charge < -0.3 is 9.47 Å². The lowest BCUT2D eigenvalue weighted by Gasteiger charge is -2.18. The van der Waals surface area contributed by atoms with Gasteiger partial charge in [0.1, 0.15) is 13.2 Å². The monoisotopic (exact) mass is 356 g/mol. The molecule has 0 spiro atoms. The Morgan fingerprint density at radius 3 is 2.72 bits per heavy atom. The minimum absolute atomic E-state index is 0.103. The SMILES string of the molecule is Cc1ccc(SCCC(=O)N/N=C\c2ccc3c(c2)OCCO3)cc1. The highest BCUT2D eigenvalue weighted by molar-refractivity contribution is 7.99. The second kappa shape index (κ2) is 8.58. The Kier molecular flexibility index (Phi) is 5.95. The summed E-state index contributed by atoms with van der Waals surface area (Å²) in [6.45, 7) is 3.17. The quantitative estimate of drug-likeness (QED) is 0.490. The van der Waals surface area contributed by atoms with Crippen molar-refractivity contribution in [1.82, 2.24) is 5.43 Å². The number of hydrogen-bond acceptors (Lipinski definition) is 5. The molecule has 2 aromatic carbocycles. The minimum atomic E-state index is -0.103. The predicted molar refractivity (Wildman–Crippen MR) is 99.7 cm³/mol. The lowest BCUT2D eigenvalue weighted by Crippen LogP contribution is -2.18. The third-order valence-electron chi connectivity index (χ3n) is 3.59. The number of benzene rings is 2. The van der Waals surface area contributed by atoms with Crippen LogP contribution in [0.15, 0.2) is 52.5 Å². The summed E-state index contributed by atoms with van der Waals surface area (Å²) < 4.78 is 11.0. The number of fused-ring (bicyclic) bond motifs is 1. The van der Waals surface area contributed by atoms with Gasteiger partial charge in [-0.15, -0.1) is 11.8 Å². The van der Waals surface area contributed by atoms with Gasteiger partial charge in [0.25, 0.3) is 0 Å². The van der Waals surface area contributed by atoms with Gasteiger partial charge in [0.05, 0.1) is 6.21 Å². The van der Waals surface area contributed by atoms with Crippen LogP contribution in [0.3, 0.4) is 0 Å². The van der Waals surface area contributed by atoms with E-state index in [1.54, 1.807) is 18.0 Å². The lowest BCUT2D eigenvalue weighted by molar-refractivity contribution is -0.120. The molecule has 1 amide bonds. The van der Waals surface area contributed by atoms with Crippen molar-refractivity contribution in [3.05, 3.63) is 53.6 Å². The number of aryl methyl sites for hydroxylation is 1. The van der Waals surface area contributed by atoms with Gasteiger partial charge in [-0.25, -0.2) is 5.43 Å². The first kappa shape index (κ1) is 17.4. The van der Waals surface area contributed by atoms with E-state index >= 15 is 0 Å². The van der Waals surface area contributed by atoms with Crippen LogP contribution in [0.25, 0.3) is 0 Å². The van der Waals surface area contributed by atoms with E-state index in [0.29, 0.717) is 31.1 Å². The Morgan fingerprint density at radius 2 is 1.92 bits per heavy atom. The average Bonchev–Trinajstić information content (AvgIpc) is 2.63. The summed E-state index contributed by atoms with van der Waals surface area (Å²) >= 11 is 1.66. The lowest BCUT2D eigenvalue weighted by atomic mass is 10.2. The fraction of sp³-hybridized carbons (Fsp3) is 0.263. The van der Waals surface area contributed by atoms with Crippen LogP contribution in [0.5, 0.6) is 11.5 Å². The smallest absolute Gasteiger partial charge is 0.240 e. The van der Waals surface area contributed by atoms with Crippen LogP contribution in [-0.4, -0.2) is 31.1 Å². The van der Waals surface area contributed by atoms with E-state index in [0.717, 1.165) is 16.2 Å². The number of carbonyl (C=O) groups is 1. The highest BCUT2D eigenvalue weighted by Crippen LogP contribution is 2.30. The largest absolute Gasteiger partial charge is 0.486 e. The first-order valence-corrected chi connectivity index (χ1v) is 9.10. The van der Waals surface area contributed by atoms with Crippen molar-refractivity contribution in [2.24, 2.45) is 5.10 Å². The van der Waals surface area contributed by atoms with Crippen LogP contribution in [-0.2, 0) is 4.79 Å². The third-order valence-corrected chi connectivity index (χ3v) is 4.60. The zero-order valence-corrected chi connectivity index (χ0v) is 14.8. The van der Waals surface area contributed by atoms with Crippen molar-refractivity contribution >= 4 is 23.9 Å². The molecule has 0 bridgehead atoms. The molecule has 0 saturated heterocycles. The zero-order valence-electron chi connectivity index (χ0n) is 14.0. The van der Waals surface area contributed by atoms with Crippen molar-refractivity contribution < 1.29 is 14.3 Å². The van der Waals surface area contributed by atoms with Gasteiger partial charge in [-0.2, -0.15) is 5.10 Å². The number of rotatable bonds is 6. The Bertz CT molecular complexity index is 760. The van der Waals surface area contributed by atoms with Crippen molar-refractivity contribution in [1.29, 1.82) is 0 Å². The molecule has 1 N–H and O–H groups in total. The zero-order chi connectivity index (χ0) is 17.5. The molecule has 0 aliphatic carbocycles. The first-order chi connectivity index (χ1) is 12.2. The van der Waals surface area contributed by atoms with E-state index in [4.69, 9.17) is 9.47 Å². The fourth-order valence-corrected chi connectivity index (χ4v) is 3.12. The Hall–Kier alpha value is -2.47. The van der Waals surface area contributed by atoms with E-state index in [1.807, 2.05) is 18.2 Å². The number of amides is 1. The molecule has 1 aliphatic heterocycles. The standard InChI is InChI=1S/C19H20N2O3S/c1-14-2-5-16(6-3-14)25-11-8-19(22)21-20-13-15-4-7-17-18(12-15)24-10-9-23-17/h2-7,12-13H,8-11H2,1H3,(H,21,22)/b20-13-. The van der Waals surface area contributed by atoms with Crippen LogP contribution in [0.1, 0.15) is 17.5 Å². The van der Waals surface area contributed by atoms with Crippen molar-refractivity contribution in [3.63, 3.8) is 0 Å². The maximum atomic E-state index is 11.8. The van der Waals surface area contributed by atoms with Crippen LogP contribution in [0, 0.1) is 6.92 Å². The fourth-order valence-electron chi connectivity index (χ4n) is 2.27. The molecular weight excluding hydrogens is 336 g/mol. The number of hydrogen-bond donors (Lipinski definition) is 1. The molecule has 0 radical (unpaired) electrons. The Morgan fingerprint density at radius 1 is 1.16 bits per heavy atom. The van der Waals surface area contributed by atoms with Gasteiger partial charge in [0.15, 0.2) is 11.5 Å². The molecule has 0 atom stereocenters. The number of nitrogens with zero attached hydrogens (tertiary/aromatic N) is 1. The molecule has 0 fully saturated rings. The van der Waals surface area contributed by atoms with E-state index in [9.17, 15) is 4.79 Å². The molecule has 1 heterocycles. The number of ether oxygens (including phenoxy) is 2. The van der Waals surface area contributed by atoms with Crippen molar-refractivity contribution in [2.75, 3.05) is 19.0 Å². The predicted octanol–water partition coefficient (Wildman–Crippen LogP) is 3.40. The molecule has 0 unspecified atom stereocenters. The summed E-state index contributed by atoms with van der Waals surface area (Å²) in [5.41, 5.74) is 4.63. The Labute approximate surface area is 151 Å². The van der Waals surface area contributed by atoms with Crippen LogP contribution >= 0.6 is 11.8 Å². The second-order valence-electron chi connectivity index (χ2n) is 5.61. The average molecular weight is 356 g/mol. The molecular formula is C19H20N2O3S.